The van der Waals surface area contributed by atoms with E-state index < -0.39 is 0 Å². The Kier molecular flexibility index (Phi) is 7.50. The molecule has 5 nitrogen and oxygen atoms in total. The second kappa shape index (κ2) is 9.41. The van der Waals surface area contributed by atoms with Gasteiger partial charge in [-0.25, -0.2) is 0 Å². The van der Waals surface area contributed by atoms with Crippen molar-refractivity contribution in [3.05, 3.63) is 29.8 Å². The van der Waals surface area contributed by atoms with Crippen molar-refractivity contribution in [2.45, 2.75) is 32.6 Å². The van der Waals surface area contributed by atoms with Gasteiger partial charge in [0.25, 0.3) is 5.91 Å². The van der Waals surface area contributed by atoms with Crippen molar-refractivity contribution in [2.24, 2.45) is 0 Å². The number of hydrogen-bond donors (Lipinski definition) is 0. The van der Waals surface area contributed by atoms with E-state index in [0.717, 1.165) is 5.56 Å². The average Bonchev–Trinajstić information content (AvgIpc) is 2.53. The minimum atomic E-state index is -0.208. The van der Waals surface area contributed by atoms with Crippen LogP contribution >= 0.6 is 0 Å². The molecular weight excluding hydrogens is 278 g/mol. The molecule has 0 saturated heterocycles. The molecule has 0 radical (unpaired) electrons. The highest BCUT2D eigenvalue weighted by Gasteiger charge is 2.13. The summed E-state index contributed by atoms with van der Waals surface area (Å²) in [6.07, 6.45) is 0.500. The molecule has 0 aliphatic carbocycles. The van der Waals surface area contributed by atoms with Gasteiger partial charge < -0.3 is 9.64 Å². The van der Waals surface area contributed by atoms with Crippen molar-refractivity contribution in [1.29, 1.82) is 10.5 Å². The standard InChI is InChI=1S/C17H21N3O2/c1-14(2)15-6-3-7-16(12-15)22-13-17(21)20(10-4-8-18)11-5-9-19/h3,6-7,12,14H,4-5,10-11,13H2,1-2H3. The summed E-state index contributed by atoms with van der Waals surface area (Å²) in [6, 6.07) is 11.7. The van der Waals surface area contributed by atoms with Crippen molar-refractivity contribution in [2.75, 3.05) is 19.7 Å². The van der Waals surface area contributed by atoms with Gasteiger partial charge in [0.2, 0.25) is 0 Å². The summed E-state index contributed by atoms with van der Waals surface area (Å²) >= 11 is 0. The lowest BCUT2D eigenvalue weighted by atomic mass is 10.0. The first-order chi connectivity index (χ1) is 10.6. The van der Waals surface area contributed by atoms with E-state index in [9.17, 15) is 4.79 Å². The Labute approximate surface area is 131 Å². The monoisotopic (exact) mass is 299 g/mol. The van der Waals surface area contributed by atoms with Crippen LogP contribution in [0.4, 0.5) is 0 Å². The minimum absolute atomic E-state index is 0.0849. The summed E-state index contributed by atoms with van der Waals surface area (Å²) in [5.74, 6) is 0.836. The molecule has 0 aliphatic heterocycles. The Morgan fingerprint density at radius 2 is 1.86 bits per heavy atom. The van der Waals surface area contributed by atoms with Gasteiger partial charge in [0.15, 0.2) is 6.61 Å². The second-order valence-corrected chi connectivity index (χ2v) is 5.21. The van der Waals surface area contributed by atoms with Crippen LogP contribution in [-0.4, -0.2) is 30.5 Å². The number of benzene rings is 1. The molecule has 0 spiro atoms. The first-order valence-corrected chi connectivity index (χ1v) is 7.33. The Balaban J connectivity index is 2.60. The van der Waals surface area contributed by atoms with Crippen LogP contribution in [0.15, 0.2) is 24.3 Å². The number of nitrogens with zero attached hydrogens (tertiary/aromatic N) is 3. The lowest BCUT2D eigenvalue weighted by molar-refractivity contribution is -0.133. The van der Waals surface area contributed by atoms with E-state index in [1.807, 2.05) is 36.4 Å². The summed E-state index contributed by atoms with van der Waals surface area (Å²) in [4.78, 5) is 13.6. The van der Waals surface area contributed by atoms with Crippen LogP contribution in [0.5, 0.6) is 5.75 Å². The normalized spacial score (nSPS) is 9.86. The molecule has 0 fully saturated rings. The maximum Gasteiger partial charge on any atom is 0.260 e. The third kappa shape index (κ3) is 5.85. The quantitative estimate of drug-likeness (QED) is 0.739. The van der Waals surface area contributed by atoms with Gasteiger partial charge in [-0.05, 0) is 23.6 Å². The van der Waals surface area contributed by atoms with E-state index in [-0.39, 0.29) is 25.4 Å². The first-order valence-electron chi connectivity index (χ1n) is 7.33. The van der Waals surface area contributed by atoms with Crippen molar-refractivity contribution in [3.63, 3.8) is 0 Å². The van der Waals surface area contributed by atoms with Gasteiger partial charge in [-0.2, -0.15) is 10.5 Å². The van der Waals surface area contributed by atoms with E-state index in [4.69, 9.17) is 15.3 Å². The molecule has 116 valence electrons. The number of amides is 1. The van der Waals surface area contributed by atoms with E-state index in [0.29, 0.717) is 24.8 Å². The summed E-state index contributed by atoms with van der Waals surface area (Å²) in [5, 5.41) is 17.3. The van der Waals surface area contributed by atoms with Crippen LogP contribution in [0, 0.1) is 22.7 Å². The van der Waals surface area contributed by atoms with E-state index >= 15 is 0 Å². The van der Waals surface area contributed by atoms with Crippen molar-refractivity contribution < 1.29 is 9.53 Å². The number of ether oxygens (including phenoxy) is 1. The molecule has 0 heterocycles. The molecule has 1 rings (SSSR count). The van der Waals surface area contributed by atoms with Crippen LogP contribution in [-0.2, 0) is 4.79 Å². The zero-order valence-corrected chi connectivity index (χ0v) is 13.1. The number of rotatable bonds is 8. The summed E-state index contributed by atoms with van der Waals surface area (Å²) in [7, 11) is 0. The van der Waals surface area contributed by atoms with E-state index in [2.05, 4.69) is 13.8 Å². The highest BCUT2D eigenvalue weighted by molar-refractivity contribution is 5.77. The average molecular weight is 299 g/mol. The molecule has 0 aromatic heterocycles. The van der Waals surface area contributed by atoms with Gasteiger partial charge in [0, 0.05) is 13.1 Å². The van der Waals surface area contributed by atoms with Gasteiger partial charge in [0.1, 0.15) is 5.75 Å². The fourth-order valence-corrected chi connectivity index (χ4v) is 1.93. The molecule has 0 aliphatic rings. The second-order valence-electron chi connectivity index (χ2n) is 5.21. The highest BCUT2D eigenvalue weighted by Crippen LogP contribution is 2.20. The molecule has 1 aromatic rings. The third-order valence-corrected chi connectivity index (χ3v) is 3.23. The summed E-state index contributed by atoms with van der Waals surface area (Å²) in [6.45, 7) is 4.75. The van der Waals surface area contributed by atoms with Crippen molar-refractivity contribution >= 4 is 5.91 Å². The van der Waals surface area contributed by atoms with Gasteiger partial charge in [-0.15, -0.1) is 0 Å². The Morgan fingerprint density at radius 3 is 2.41 bits per heavy atom. The van der Waals surface area contributed by atoms with E-state index in [1.165, 1.54) is 4.90 Å². The molecule has 1 aromatic carbocycles. The lowest BCUT2D eigenvalue weighted by Crippen LogP contribution is -2.36. The molecule has 22 heavy (non-hydrogen) atoms. The van der Waals surface area contributed by atoms with Gasteiger partial charge in [-0.1, -0.05) is 26.0 Å². The zero-order valence-electron chi connectivity index (χ0n) is 13.1. The predicted molar refractivity (Wildman–Crippen MR) is 83.1 cm³/mol. The fourth-order valence-electron chi connectivity index (χ4n) is 1.93. The molecule has 0 bridgehead atoms. The molecule has 0 unspecified atom stereocenters. The number of hydrogen-bond acceptors (Lipinski definition) is 4. The molecule has 1 amide bonds. The third-order valence-electron chi connectivity index (χ3n) is 3.23. The zero-order chi connectivity index (χ0) is 16.4. The van der Waals surface area contributed by atoms with Crippen LogP contribution in [0.25, 0.3) is 0 Å². The molecule has 0 atom stereocenters. The van der Waals surface area contributed by atoms with Crippen molar-refractivity contribution in [3.8, 4) is 17.9 Å². The van der Waals surface area contributed by atoms with Crippen LogP contribution in [0.3, 0.4) is 0 Å². The van der Waals surface area contributed by atoms with Gasteiger partial charge >= 0.3 is 0 Å². The Hall–Kier alpha value is -2.53. The van der Waals surface area contributed by atoms with Crippen LogP contribution < -0.4 is 4.74 Å². The highest BCUT2D eigenvalue weighted by atomic mass is 16.5. The maximum atomic E-state index is 12.1. The van der Waals surface area contributed by atoms with Crippen LogP contribution in [0.1, 0.15) is 38.2 Å². The number of carbonyl (C=O) groups excluding carboxylic acids is 1. The van der Waals surface area contributed by atoms with E-state index in [1.54, 1.807) is 0 Å². The Bertz CT molecular complexity index is 552. The molecule has 0 N–H and O–H groups in total. The molecule has 5 heteroatoms. The smallest absolute Gasteiger partial charge is 0.260 e. The molecule has 0 saturated carbocycles. The SMILES string of the molecule is CC(C)c1cccc(OCC(=O)N(CCC#N)CCC#N)c1. The van der Waals surface area contributed by atoms with Gasteiger partial charge in [-0.3, -0.25) is 4.79 Å². The minimum Gasteiger partial charge on any atom is -0.484 e. The first kappa shape index (κ1) is 17.5. The maximum absolute atomic E-state index is 12.1. The van der Waals surface area contributed by atoms with Gasteiger partial charge in [0.05, 0.1) is 25.0 Å². The van der Waals surface area contributed by atoms with Crippen molar-refractivity contribution in [1.82, 2.24) is 4.90 Å². The number of nitriles is 2. The van der Waals surface area contributed by atoms with Crippen LogP contribution in [0.2, 0.25) is 0 Å². The topological polar surface area (TPSA) is 77.1 Å². The predicted octanol–water partition coefficient (Wildman–Crippen LogP) is 2.84. The summed E-state index contributed by atoms with van der Waals surface area (Å²) in [5.41, 5.74) is 1.15. The Morgan fingerprint density at radius 1 is 1.23 bits per heavy atom. The largest absolute Gasteiger partial charge is 0.484 e. The molecular formula is C17H21N3O2. The fraction of sp³-hybridized carbons (Fsp3) is 0.471. The number of carbonyl (C=O) groups is 1. The summed E-state index contributed by atoms with van der Waals surface area (Å²) < 4.78 is 5.54. The lowest BCUT2D eigenvalue weighted by Gasteiger charge is -2.20.